The maximum Gasteiger partial charge on any atom is 0.326 e. The van der Waals surface area contributed by atoms with Gasteiger partial charge in [-0.1, -0.05) is 54.8 Å². The Bertz CT molecular complexity index is 970. The Labute approximate surface area is 173 Å². The van der Waals surface area contributed by atoms with Gasteiger partial charge in [-0.2, -0.15) is 4.98 Å². The molecule has 0 bridgehead atoms. The predicted octanol–water partition coefficient (Wildman–Crippen LogP) is 2.59. The number of carbonyl (C=O) groups is 3. The molecule has 2 heterocycles. The molecule has 1 aromatic carbocycles. The van der Waals surface area contributed by atoms with Gasteiger partial charge in [-0.3, -0.25) is 14.5 Å². The van der Waals surface area contributed by atoms with Crippen LogP contribution in [0.2, 0.25) is 0 Å². The first-order valence-corrected chi connectivity index (χ1v) is 10.1. The fraction of sp³-hybridized carbons (Fsp3) is 0.476. The van der Waals surface area contributed by atoms with Crippen LogP contribution in [0, 0.1) is 12.8 Å². The van der Waals surface area contributed by atoms with Gasteiger partial charge in [0.15, 0.2) is 6.61 Å². The number of benzene rings is 1. The van der Waals surface area contributed by atoms with Crippen molar-refractivity contribution in [1.29, 1.82) is 0 Å². The van der Waals surface area contributed by atoms with E-state index in [4.69, 9.17) is 9.26 Å². The molecule has 2 aliphatic rings. The van der Waals surface area contributed by atoms with E-state index in [0.29, 0.717) is 12.2 Å². The first-order chi connectivity index (χ1) is 14.4. The molecule has 2 fully saturated rings. The number of ether oxygens (including phenoxy) is 1. The summed E-state index contributed by atoms with van der Waals surface area (Å²) in [7, 11) is 0. The van der Waals surface area contributed by atoms with Crippen LogP contribution in [0.1, 0.15) is 44.1 Å². The summed E-state index contributed by atoms with van der Waals surface area (Å²) in [4.78, 5) is 42.6. The van der Waals surface area contributed by atoms with Crippen LogP contribution in [-0.2, 0) is 20.9 Å². The molecule has 30 heavy (non-hydrogen) atoms. The monoisotopic (exact) mass is 412 g/mol. The summed E-state index contributed by atoms with van der Waals surface area (Å²) in [5.74, 6) is -0.510. The first kappa shape index (κ1) is 20.1. The number of urea groups is 1. The van der Waals surface area contributed by atoms with Gasteiger partial charge in [-0.15, -0.1) is 0 Å². The van der Waals surface area contributed by atoms with E-state index in [1.165, 1.54) is 0 Å². The number of hydrogen-bond acceptors (Lipinski definition) is 7. The lowest BCUT2D eigenvalue weighted by molar-refractivity contribution is -0.150. The van der Waals surface area contributed by atoms with Crippen LogP contribution in [0.4, 0.5) is 4.79 Å². The van der Waals surface area contributed by atoms with Crippen LogP contribution >= 0.6 is 0 Å². The number of nitrogens with zero attached hydrogens (tertiary/aromatic N) is 3. The van der Waals surface area contributed by atoms with Crippen LogP contribution < -0.4 is 5.32 Å². The van der Waals surface area contributed by atoms with Crippen LogP contribution in [0.5, 0.6) is 0 Å². The van der Waals surface area contributed by atoms with E-state index in [0.717, 1.165) is 35.3 Å². The molecule has 1 aliphatic carbocycles. The zero-order chi connectivity index (χ0) is 21.3. The molecule has 1 spiro atoms. The minimum Gasteiger partial charge on any atom is -0.454 e. The smallest absolute Gasteiger partial charge is 0.326 e. The van der Waals surface area contributed by atoms with Crippen molar-refractivity contribution in [3.63, 3.8) is 0 Å². The molecule has 2 atom stereocenters. The summed E-state index contributed by atoms with van der Waals surface area (Å²) in [5.41, 5.74) is 1.000. The number of esters is 1. The maximum atomic E-state index is 12.9. The van der Waals surface area contributed by atoms with E-state index in [1.54, 1.807) is 0 Å². The van der Waals surface area contributed by atoms with E-state index in [1.807, 2.05) is 38.1 Å². The lowest BCUT2D eigenvalue weighted by atomic mass is 9.73. The Hall–Kier alpha value is -3.23. The molecule has 1 saturated heterocycles. The van der Waals surface area contributed by atoms with Gasteiger partial charge in [0.1, 0.15) is 12.1 Å². The minimum atomic E-state index is -0.898. The summed E-state index contributed by atoms with van der Waals surface area (Å²) in [6, 6.07) is 7.06. The molecule has 2 aromatic rings. The third-order valence-electron chi connectivity index (χ3n) is 5.92. The van der Waals surface area contributed by atoms with Gasteiger partial charge in [0.25, 0.3) is 11.8 Å². The van der Waals surface area contributed by atoms with Crippen molar-refractivity contribution >= 4 is 17.9 Å². The summed E-state index contributed by atoms with van der Waals surface area (Å²) in [5, 5.41) is 6.69. The Morgan fingerprint density at radius 3 is 2.80 bits per heavy atom. The molecule has 0 radical (unpaired) electrons. The van der Waals surface area contributed by atoms with Crippen molar-refractivity contribution in [2.75, 3.05) is 6.54 Å². The Balaban J connectivity index is 1.35. The second kappa shape index (κ2) is 7.89. The van der Waals surface area contributed by atoms with Gasteiger partial charge < -0.3 is 14.6 Å². The van der Waals surface area contributed by atoms with Gasteiger partial charge in [0.2, 0.25) is 5.82 Å². The van der Waals surface area contributed by atoms with Gasteiger partial charge >= 0.3 is 12.0 Å². The van der Waals surface area contributed by atoms with Gasteiger partial charge in [-0.05, 0) is 25.7 Å². The number of amides is 3. The van der Waals surface area contributed by atoms with Crippen LogP contribution in [0.3, 0.4) is 0 Å². The summed E-state index contributed by atoms with van der Waals surface area (Å²) in [6.07, 6.45) is 3.36. The fourth-order valence-corrected chi connectivity index (χ4v) is 4.09. The van der Waals surface area contributed by atoms with Crippen molar-refractivity contribution in [3.8, 4) is 11.4 Å². The first-order valence-electron chi connectivity index (χ1n) is 10.1. The zero-order valence-corrected chi connectivity index (χ0v) is 17.0. The highest BCUT2D eigenvalue weighted by Gasteiger charge is 2.55. The third kappa shape index (κ3) is 3.67. The zero-order valence-electron chi connectivity index (χ0n) is 17.0. The molecular weight excluding hydrogens is 388 g/mol. The highest BCUT2D eigenvalue weighted by atomic mass is 16.6. The minimum absolute atomic E-state index is 0.0299. The van der Waals surface area contributed by atoms with Gasteiger partial charge in [0, 0.05) is 5.56 Å². The number of aryl methyl sites for hydroxylation is 1. The second-order valence-corrected chi connectivity index (χ2v) is 7.98. The average molecular weight is 412 g/mol. The largest absolute Gasteiger partial charge is 0.454 e. The fourth-order valence-electron chi connectivity index (χ4n) is 4.09. The Morgan fingerprint density at radius 2 is 2.07 bits per heavy atom. The number of rotatable bonds is 5. The number of hydrogen-bond donors (Lipinski definition) is 1. The van der Waals surface area contributed by atoms with E-state index in [9.17, 15) is 14.4 Å². The molecule has 9 heteroatoms. The summed E-state index contributed by atoms with van der Waals surface area (Å²) in [6.45, 7) is 3.26. The number of imide groups is 1. The average Bonchev–Trinajstić information content (AvgIpc) is 3.29. The predicted molar refractivity (Wildman–Crippen MR) is 105 cm³/mol. The highest BCUT2D eigenvalue weighted by Crippen LogP contribution is 2.38. The van der Waals surface area contributed by atoms with Gasteiger partial charge in [0.05, 0.1) is 0 Å². The quantitative estimate of drug-likeness (QED) is 0.593. The molecule has 1 aliphatic heterocycles. The molecule has 9 nitrogen and oxygen atoms in total. The number of nitrogens with one attached hydrogen (secondary N) is 1. The SMILES string of the molecule is Cc1ccc(-c2noc(COC(=O)CN3C(=O)N[C@@]4(CCCC[C@@H]4C)C3=O)n2)cc1. The van der Waals surface area contributed by atoms with Crippen molar-refractivity contribution < 1.29 is 23.6 Å². The normalized spacial score (nSPS) is 23.7. The van der Waals surface area contributed by atoms with Crippen molar-refractivity contribution in [3.05, 3.63) is 35.7 Å². The topological polar surface area (TPSA) is 115 Å². The lowest BCUT2D eigenvalue weighted by Crippen LogP contribution is -2.54. The van der Waals surface area contributed by atoms with E-state index in [-0.39, 0.29) is 24.3 Å². The van der Waals surface area contributed by atoms with Crippen LogP contribution in [0.15, 0.2) is 28.8 Å². The third-order valence-corrected chi connectivity index (χ3v) is 5.92. The highest BCUT2D eigenvalue weighted by molar-refractivity contribution is 6.08. The maximum absolute atomic E-state index is 12.9. The number of aromatic nitrogens is 2. The summed E-state index contributed by atoms with van der Waals surface area (Å²) < 4.78 is 10.3. The standard InChI is InChI=1S/C21H24N4O5/c1-13-6-8-15(9-7-13)18-22-16(30-24-18)12-29-17(26)11-25-19(27)21(23-20(25)28)10-4-3-5-14(21)2/h6-9,14H,3-5,10-12H2,1-2H3,(H,23,28)/t14-,21+/m0/s1. The van der Waals surface area contributed by atoms with Crippen LogP contribution in [0.25, 0.3) is 11.4 Å². The lowest BCUT2D eigenvalue weighted by Gasteiger charge is -2.36. The molecule has 0 unspecified atom stereocenters. The second-order valence-electron chi connectivity index (χ2n) is 7.98. The Morgan fingerprint density at radius 1 is 1.30 bits per heavy atom. The van der Waals surface area contributed by atoms with Crippen molar-refractivity contribution in [2.24, 2.45) is 5.92 Å². The van der Waals surface area contributed by atoms with Gasteiger partial charge in [-0.25, -0.2) is 4.79 Å². The van der Waals surface area contributed by atoms with E-state index >= 15 is 0 Å². The van der Waals surface area contributed by atoms with Crippen molar-refractivity contribution in [2.45, 2.75) is 51.7 Å². The summed E-state index contributed by atoms with van der Waals surface area (Å²) >= 11 is 0. The molecule has 1 N–H and O–H groups in total. The molecule has 3 amide bonds. The molecule has 4 rings (SSSR count). The van der Waals surface area contributed by atoms with Crippen molar-refractivity contribution in [1.82, 2.24) is 20.4 Å². The number of carbonyl (C=O) groups excluding carboxylic acids is 3. The molecule has 1 saturated carbocycles. The molecule has 158 valence electrons. The van der Waals surface area contributed by atoms with E-state index in [2.05, 4.69) is 15.5 Å². The molecular formula is C21H24N4O5. The Kier molecular flexibility index (Phi) is 5.27. The van der Waals surface area contributed by atoms with Crippen LogP contribution in [-0.4, -0.2) is 45.0 Å². The molecule has 1 aromatic heterocycles. The van der Waals surface area contributed by atoms with E-state index < -0.39 is 24.1 Å².